The van der Waals surface area contributed by atoms with Crippen molar-refractivity contribution in [1.29, 1.82) is 0 Å². The van der Waals surface area contributed by atoms with E-state index >= 15 is 0 Å². The van der Waals surface area contributed by atoms with E-state index in [1.165, 1.54) is 29.7 Å². The molecule has 0 atom stereocenters. The molecule has 1 amide bonds. The Labute approximate surface area is 174 Å². The number of benzene rings is 2. The summed E-state index contributed by atoms with van der Waals surface area (Å²) in [4.78, 5) is 17.1. The number of fused-ring (bicyclic) bond motifs is 1. The average Bonchev–Trinajstić information content (AvgIpc) is 3.12. The van der Waals surface area contributed by atoms with Gasteiger partial charge >= 0.3 is 0 Å². The van der Waals surface area contributed by atoms with Crippen LogP contribution in [0.15, 0.2) is 30.3 Å². The molecule has 1 N–H and O–H groups in total. The van der Waals surface area contributed by atoms with Crippen molar-refractivity contribution in [2.45, 2.75) is 32.6 Å². The van der Waals surface area contributed by atoms with Crippen molar-refractivity contribution in [2.75, 3.05) is 26.6 Å². The van der Waals surface area contributed by atoms with Crippen LogP contribution >= 0.6 is 11.3 Å². The molecule has 0 saturated heterocycles. The summed E-state index contributed by atoms with van der Waals surface area (Å²) < 4.78 is 17.1. The lowest BCUT2D eigenvalue weighted by Gasteiger charge is -2.13. The van der Waals surface area contributed by atoms with E-state index in [0.717, 1.165) is 22.2 Å². The molecule has 0 fully saturated rings. The van der Waals surface area contributed by atoms with E-state index in [-0.39, 0.29) is 12.3 Å². The zero-order valence-electron chi connectivity index (χ0n) is 17.2. The second-order valence-electron chi connectivity index (χ2n) is 6.68. The zero-order valence-corrected chi connectivity index (χ0v) is 18.0. The van der Waals surface area contributed by atoms with E-state index < -0.39 is 0 Å². The topological polar surface area (TPSA) is 69.7 Å². The zero-order chi connectivity index (χ0) is 20.8. The Bertz CT molecular complexity index is 975. The lowest BCUT2D eigenvalue weighted by Crippen LogP contribution is -2.14. The van der Waals surface area contributed by atoms with Crippen molar-refractivity contribution in [2.24, 2.45) is 0 Å². The molecule has 0 aliphatic carbocycles. The van der Waals surface area contributed by atoms with Crippen molar-refractivity contribution in [3.63, 3.8) is 0 Å². The summed E-state index contributed by atoms with van der Waals surface area (Å²) in [5.74, 6) is 1.40. The molecule has 1 aromatic heterocycles. The number of unbranched alkanes of at least 4 members (excludes halogenated alkanes) is 1. The number of hydrogen-bond donors (Lipinski definition) is 1. The summed E-state index contributed by atoms with van der Waals surface area (Å²) in [5, 5.41) is 3.50. The molecule has 7 heteroatoms. The van der Waals surface area contributed by atoms with E-state index in [9.17, 15) is 4.79 Å². The van der Waals surface area contributed by atoms with Gasteiger partial charge in [-0.3, -0.25) is 4.79 Å². The molecule has 2 aromatic carbocycles. The smallest absolute Gasteiger partial charge is 0.230 e. The number of nitrogens with one attached hydrogen (secondary N) is 1. The molecule has 0 aliphatic rings. The van der Waals surface area contributed by atoms with Gasteiger partial charge in [-0.15, -0.1) is 0 Å². The normalized spacial score (nSPS) is 10.8. The van der Waals surface area contributed by atoms with Gasteiger partial charge in [0.2, 0.25) is 11.7 Å². The molecular formula is C22H26N2O4S. The third kappa shape index (κ3) is 4.98. The second kappa shape index (κ2) is 9.60. The highest BCUT2D eigenvalue weighted by molar-refractivity contribution is 7.22. The van der Waals surface area contributed by atoms with Crippen molar-refractivity contribution in [3.8, 4) is 17.2 Å². The van der Waals surface area contributed by atoms with E-state index in [4.69, 9.17) is 14.2 Å². The first-order chi connectivity index (χ1) is 14.1. The highest BCUT2D eigenvalue weighted by Crippen LogP contribution is 2.38. The number of aryl methyl sites for hydroxylation is 1. The van der Waals surface area contributed by atoms with Crippen LogP contribution in [-0.4, -0.2) is 32.2 Å². The number of nitrogens with zero attached hydrogens (tertiary/aromatic N) is 1. The summed E-state index contributed by atoms with van der Waals surface area (Å²) in [6, 6.07) is 9.85. The molecule has 3 rings (SSSR count). The van der Waals surface area contributed by atoms with E-state index in [1.54, 1.807) is 33.5 Å². The van der Waals surface area contributed by atoms with Gasteiger partial charge in [-0.2, -0.15) is 0 Å². The minimum atomic E-state index is -0.149. The van der Waals surface area contributed by atoms with Gasteiger partial charge in [0.1, 0.15) is 0 Å². The second-order valence-corrected chi connectivity index (χ2v) is 7.71. The molecular weight excluding hydrogens is 388 g/mol. The highest BCUT2D eigenvalue weighted by Gasteiger charge is 2.16. The third-order valence-corrected chi connectivity index (χ3v) is 5.54. The Balaban J connectivity index is 1.73. The summed E-state index contributed by atoms with van der Waals surface area (Å²) in [6.45, 7) is 2.19. The molecule has 29 heavy (non-hydrogen) atoms. The number of amides is 1. The number of carbonyl (C=O) groups excluding carboxylic acids is 1. The summed E-state index contributed by atoms with van der Waals surface area (Å²) in [6.07, 6.45) is 3.58. The quantitative estimate of drug-likeness (QED) is 0.542. The summed E-state index contributed by atoms with van der Waals surface area (Å²) in [7, 11) is 4.65. The standard InChI is InChI=1S/C22H26N2O4S/c1-5-6-7-14-8-9-16-19(12-14)29-22(23-16)24-20(25)13-15-10-17(26-2)21(28-4)18(11-15)27-3/h8-12H,5-7,13H2,1-4H3,(H,23,24,25). The number of aromatic nitrogens is 1. The Morgan fingerprint density at radius 1 is 1.03 bits per heavy atom. The summed E-state index contributed by atoms with van der Waals surface area (Å²) >= 11 is 1.49. The number of hydrogen-bond acceptors (Lipinski definition) is 6. The molecule has 0 saturated carbocycles. The van der Waals surface area contributed by atoms with Crippen LogP contribution in [0.25, 0.3) is 10.2 Å². The number of ether oxygens (including phenoxy) is 3. The number of methoxy groups -OCH3 is 3. The van der Waals surface area contributed by atoms with E-state index in [1.807, 2.05) is 6.07 Å². The fourth-order valence-corrected chi connectivity index (χ4v) is 4.09. The van der Waals surface area contributed by atoms with E-state index in [0.29, 0.717) is 22.4 Å². The van der Waals surface area contributed by atoms with Crippen LogP contribution in [0.1, 0.15) is 30.9 Å². The number of thiazole rings is 1. The minimum absolute atomic E-state index is 0.149. The van der Waals surface area contributed by atoms with Crippen molar-refractivity contribution in [1.82, 2.24) is 4.98 Å². The molecule has 0 spiro atoms. The monoisotopic (exact) mass is 414 g/mol. The van der Waals surface area contributed by atoms with Gasteiger partial charge < -0.3 is 19.5 Å². The van der Waals surface area contributed by atoms with Crippen LogP contribution in [0.4, 0.5) is 5.13 Å². The van der Waals surface area contributed by atoms with Gasteiger partial charge in [-0.05, 0) is 48.2 Å². The highest BCUT2D eigenvalue weighted by atomic mass is 32.1. The first-order valence-electron chi connectivity index (χ1n) is 9.56. The molecule has 3 aromatic rings. The third-order valence-electron chi connectivity index (χ3n) is 4.61. The molecule has 154 valence electrons. The van der Waals surface area contributed by atoms with Crippen LogP contribution in [0.5, 0.6) is 17.2 Å². The van der Waals surface area contributed by atoms with Crippen molar-refractivity contribution in [3.05, 3.63) is 41.5 Å². The van der Waals surface area contributed by atoms with Crippen LogP contribution in [0.2, 0.25) is 0 Å². The van der Waals surface area contributed by atoms with Gasteiger partial charge in [-0.1, -0.05) is 30.7 Å². The number of carbonyl (C=O) groups is 1. The fraction of sp³-hybridized carbons (Fsp3) is 0.364. The Kier molecular flexibility index (Phi) is 6.93. The van der Waals surface area contributed by atoms with Gasteiger partial charge in [0.05, 0.1) is 38.0 Å². The first-order valence-corrected chi connectivity index (χ1v) is 10.4. The number of rotatable bonds is 9. The molecule has 0 unspecified atom stereocenters. The van der Waals surface area contributed by atoms with Crippen molar-refractivity contribution < 1.29 is 19.0 Å². The maximum absolute atomic E-state index is 12.6. The SMILES string of the molecule is CCCCc1ccc2nc(NC(=O)Cc3cc(OC)c(OC)c(OC)c3)sc2c1. The average molecular weight is 415 g/mol. The molecule has 1 heterocycles. The van der Waals surface area contributed by atoms with E-state index in [2.05, 4.69) is 29.4 Å². The van der Waals surface area contributed by atoms with Gasteiger partial charge in [0, 0.05) is 0 Å². The lowest BCUT2D eigenvalue weighted by atomic mass is 10.1. The molecule has 0 aliphatic heterocycles. The van der Waals surface area contributed by atoms with Gasteiger partial charge in [-0.25, -0.2) is 4.98 Å². The summed E-state index contributed by atoms with van der Waals surface area (Å²) in [5.41, 5.74) is 2.97. The predicted octanol–water partition coefficient (Wildman–Crippen LogP) is 4.85. The van der Waals surface area contributed by atoms with Gasteiger partial charge in [0.15, 0.2) is 16.6 Å². The Morgan fingerprint density at radius 3 is 2.38 bits per heavy atom. The maximum atomic E-state index is 12.6. The Hall–Kier alpha value is -2.80. The van der Waals surface area contributed by atoms with Crippen LogP contribution in [0.3, 0.4) is 0 Å². The predicted molar refractivity (Wildman–Crippen MR) is 117 cm³/mol. The largest absolute Gasteiger partial charge is 0.493 e. The lowest BCUT2D eigenvalue weighted by molar-refractivity contribution is -0.115. The van der Waals surface area contributed by atoms with Crippen LogP contribution in [-0.2, 0) is 17.6 Å². The molecule has 0 radical (unpaired) electrons. The van der Waals surface area contributed by atoms with Gasteiger partial charge in [0.25, 0.3) is 0 Å². The maximum Gasteiger partial charge on any atom is 0.230 e. The molecule has 0 bridgehead atoms. The first kappa shape index (κ1) is 20.9. The van der Waals surface area contributed by atoms with Crippen LogP contribution < -0.4 is 19.5 Å². The van der Waals surface area contributed by atoms with Crippen molar-refractivity contribution >= 4 is 32.6 Å². The Morgan fingerprint density at radius 2 is 1.76 bits per heavy atom. The molecule has 6 nitrogen and oxygen atoms in total. The number of anilines is 1. The van der Waals surface area contributed by atoms with Crippen LogP contribution in [0, 0.1) is 0 Å². The fourth-order valence-electron chi connectivity index (χ4n) is 3.15. The minimum Gasteiger partial charge on any atom is -0.493 e.